The molecule has 72 valence electrons. The van der Waals surface area contributed by atoms with Crippen LogP contribution in [0.5, 0.6) is 0 Å². The zero-order valence-corrected chi connectivity index (χ0v) is 9.68. The Kier molecular flexibility index (Phi) is 2.75. The van der Waals surface area contributed by atoms with Crippen LogP contribution in [0.3, 0.4) is 0 Å². The molecular formula is C11H8BrClO. The molecule has 0 aromatic heterocycles. The van der Waals surface area contributed by atoms with Gasteiger partial charge in [-0.3, -0.25) is 4.79 Å². The zero-order valence-electron chi connectivity index (χ0n) is 7.34. The molecule has 1 nitrogen and oxygen atoms in total. The molecule has 2 rings (SSSR count). The van der Waals surface area contributed by atoms with Gasteiger partial charge in [-0.2, -0.15) is 0 Å². The number of carbonyl (C=O) groups is 1. The maximum atomic E-state index is 10.8. The summed E-state index contributed by atoms with van der Waals surface area (Å²) in [6.07, 6.45) is 1.55. The van der Waals surface area contributed by atoms with Crippen LogP contribution < -0.4 is 0 Å². The van der Waals surface area contributed by atoms with Crippen LogP contribution in [0, 0.1) is 0 Å². The quantitative estimate of drug-likeness (QED) is 0.566. The highest BCUT2D eigenvalue weighted by Gasteiger charge is 2.23. The Bertz CT molecular complexity index is 412. The average molecular weight is 272 g/mol. The zero-order chi connectivity index (χ0) is 10.1. The first-order chi connectivity index (χ1) is 6.74. The number of alkyl halides is 1. The summed E-state index contributed by atoms with van der Waals surface area (Å²) in [5.74, 6) is 0. The van der Waals surface area contributed by atoms with E-state index >= 15 is 0 Å². The minimum atomic E-state index is -0.211. The first-order valence-corrected chi connectivity index (χ1v) is 5.54. The van der Waals surface area contributed by atoms with Crippen molar-refractivity contribution >= 4 is 38.3 Å². The second-order valence-corrected chi connectivity index (χ2v) is 4.54. The van der Waals surface area contributed by atoms with Gasteiger partial charge in [0.25, 0.3) is 0 Å². The molecule has 0 saturated heterocycles. The fourth-order valence-electron chi connectivity index (χ4n) is 1.63. The monoisotopic (exact) mass is 270 g/mol. The number of carbonyl (C=O) groups excluding carboxylic acids is 1. The summed E-state index contributed by atoms with van der Waals surface area (Å²) in [4.78, 5) is 10.8. The van der Waals surface area contributed by atoms with Crippen molar-refractivity contribution in [3.8, 4) is 0 Å². The normalized spacial score (nSPS) is 20.6. The summed E-state index contributed by atoms with van der Waals surface area (Å²) in [6, 6.07) is 7.96. The molecule has 0 aliphatic heterocycles. The molecular weight excluding hydrogens is 263 g/mol. The third-order valence-corrected chi connectivity index (χ3v) is 3.65. The molecule has 0 spiro atoms. The molecule has 0 amide bonds. The highest BCUT2D eigenvalue weighted by Crippen LogP contribution is 2.36. The fourth-order valence-corrected chi connectivity index (χ4v) is 2.85. The fraction of sp³-hybridized carbons (Fsp3) is 0.182. The highest BCUT2D eigenvalue weighted by atomic mass is 79.9. The average Bonchev–Trinajstić information content (AvgIpc) is 2.18. The van der Waals surface area contributed by atoms with Crippen molar-refractivity contribution in [1.82, 2.24) is 0 Å². The van der Waals surface area contributed by atoms with Crippen molar-refractivity contribution in [1.29, 1.82) is 0 Å². The van der Waals surface area contributed by atoms with E-state index in [0.717, 1.165) is 22.8 Å². The predicted molar refractivity (Wildman–Crippen MR) is 61.7 cm³/mol. The number of allylic oxidation sites excluding steroid dienone is 1. The minimum absolute atomic E-state index is 0.211. The van der Waals surface area contributed by atoms with Crippen LogP contribution >= 0.6 is 27.5 Å². The van der Waals surface area contributed by atoms with Gasteiger partial charge in [0.15, 0.2) is 0 Å². The second kappa shape index (κ2) is 3.87. The molecule has 1 aromatic rings. The molecule has 1 aliphatic rings. The van der Waals surface area contributed by atoms with E-state index in [-0.39, 0.29) is 5.38 Å². The number of halogens is 2. The van der Waals surface area contributed by atoms with E-state index in [1.165, 1.54) is 5.56 Å². The van der Waals surface area contributed by atoms with Crippen LogP contribution in [-0.4, -0.2) is 11.7 Å². The SMILES string of the molecule is O=CC1=C(Br)c2ccccc2C[C@@H]1Cl. The van der Waals surface area contributed by atoms with E-state index in [2.05, 4.69) is 15.9 Å². The number of hydrogen-bond donors (Lipinski definition) is 0. The number of fused-ring (bicyclic) bond motifs is 1. The highest BCUT2D eigenvalue weighted by molar-refractivity contribution is 9.15. The topological polar surface area (TPSA) is 17.1 Å². The Labute approximate surface area is 95.9 Å². The Hall–Kier alpha value is -0.600. The largest absolute Gasteiger partial charge is 0.298 e. The third-order valence-electron chi connectivity index (χ3n) is 2.37. The molecule has 3 heteroatoms. The van der Waals surface area contributed by atoms with Crippen LogP contribution in [0.2, 0.25) is 0 Å². The van der Waals surface area contributed by atoms with Crippen LogP contribution in [0.4, 0.5) is 0 Å². The molecule has 1 atom stereocenters. The molecule has 0 fully saturated rings. The lowest BCUT2D eigenvalue weighted by Gasteiger charge is -2.20. The number of hydrogen-bond acceptors (Lipinski definition) is 1. The van der Waals surface area contributed by atoms with Crippen LogP contribution in [-0.2, 0) is 11.2 Å². The van der Waals surface area contributed by atoms with Gasteiger partial charge >= 0.3 is 0 Å². The Morgan fingerprint density at radius 2 is 2.14 bits per heavy atom. The van der Waals surface area contributed by atoms with Gasteiger partial charge in [0.2, 0.25) is 0 Å². The number of benzene rings is 1. The minimum Gasteiger partial charge on any atom is -0.298 e. The molecule has 14 heavy (non-hydrogen) atoms. The van der Waals surface area contributed by atoms with Crippen molar-refractivity contribution in [3.05, 3.63) is 41.0 Å². The van der Waals surface area contributed by atoms with Crippen molar-refractivity contribution < 1.29 is 4.79 Å². The standard InChI is InChI=1S/C11H8BrClO/c12-11-8-4-2-1-3-7(8)5-10(13)9(11)6-14/h1-4,6,10H,5H2/t10-/m0/s1. The first kappa shape index (κ1) is 9.94. The van der Waals surface area contributed by atoms with Crippen molar-refractivity contribution in [3.63, 3.8) is 0 Å². The maximum Gasteiger partial charge on any atom is 0.148 e. The first-order valence-electron chi connectivity index (χ1n) is 4.31. The maximum absolute atomic E-state index is 10.8. The van der Waals surface area contributed by atoms with E-state index in [1.807, 2.05) is 24.3 Å². The van der Waals surface area contributed by atoms with Crippen LogP contribution in [0.15, 0.2) is 29.8 Å². The van der Waals surface area contributed by atoms with Gasteiger partial charge in [0, 0.05) is 10.1 Å². The Morgan fingerprint density at radius 1 is 1.43 bits per heavy atom. The van der Waals surface area contributed by atoms with Crippen LogP contribution in [0.1, 0.15) is 11.1 Å². The molecule has 1 aliphatic carbocycles. The third kappa shape index (κ3) is 1.53. The number of rotatable bonds is 1. The Balaban J connectivity index is 2.61. The van der Waals surface area contributed by atoms with E-state index in [1.54, 1.807) is 0 Å². The summed E-state index contributed by atoms with van der Waals surface area (Å²) < 4.78 is 0.828. The lowest BCUT2D eigenvalue weighted by atomic mass is 9.92. The Morgan fingerprint density at radius 3 is 2.86 bits per heavy atom. The summed E-state index contributed by atoms with van der Waals surface area (Å²) in [5.41, 5.74) is 2.90. The van der Waals surface area contributed by atoms with Crippen molar-refractivity contribution in [2.75, 3.05) is 0 Å². The van der Waals surface area contributed by atoms with Gasteiger partial charge in [-0.25, -0.2) is 0 Å². The smallest absolute Gasteiger partial charge is 0.148 e. The van der Waals surface area contributed by atoms with Crippen molar-refractivity contribution in [2.45, 2.75) is 11.8 Å². The lowest BCUT2D eigenvalue weighted by molar-refractivity contribution is -0.104. The van der Waals surface area contributed by atoms with Gasteiger partial charge in [-0.05, 0) is 33.5 Å². The summed E-state index contributed by atoms with van der Waals surface area (Å²) in [5, 5.41) is -0.211. The predicted octanol–water partition coefficient (Wildman–Crippen LogP) is 3.16. The number of aldehydes is 1. The van der Waals surface area contributed by atoms with E-state index in [4.69, 9.17) is 11.6 Å². The lowest BCUT2D eigenvalue weighted by Crippen LogP contribution is -2.15. The van der Waals surface area contributed by atoms with Gasteiger partial charge in [0.05, 0.1) is 5.38 Å². The molecule has 0 radical (unpaired) electrons. The van der Waals surface area contributed by atoms with E-state index in [0.29, 0.717) is 5.57 Å². The van der Waals surface area contributed by atoms with Crippen molar-refractivity contribution in [2.24, 2.45) is 0 Å². The van der Waals surface area contributed by atoms with E-state index < -0.39 is 0 Å². The summed E-state index contributed by atoms with van der Waals surface area (Å²) in [7, 11) is 0. The van der Waals surface area contributed by atoms with Gasteiger partial charge in [-0.1, -0.05) is 24.3 Å². The summed E-state index contributed by atoms with van der Waals surface area (Å²) in [6.45, 7) is 0. The van der Waals surface area contributed by atoms with E-state index in [9.17, 15) is 4.79 Å². The molecule has 0 bridgehead atoms. The summed E-state index contributed by atoms with van der Waals surface area (Å²) >= 11 is 9.50. The van der Waals surface area contributed by atoms with Gasteiger partial charge < -0.3 is 0 Å². The molecule has 0 saturated carbocycles. The molecule has 1 aromatic carbocycles. The molecule has 0 heterocycles. The second-order valence-electron chi connectivity index (χ2n) is 3.22. The van der Waals surface area contributed by atoms with Gasteiger partial charge in [0.1, 0.15) is 6.29 Å². The molecule has 0 unspecified atom stereocenters. The van der Waals surface area contributed by atoms with Gasteiger partial charge in [-0.15, -0.1) is 11.6 Å². The van der Waals surface area contributed by atoms with Crippen LogP contribution in [0.25, 0.3) is 4.48 Å². The molecule has 0 N–H and O–H groups in total.